The van der Waals surface area contributed by atoms with Gasteiger partial charge in [0.05, 0.1) is 28.7 Å². The molecule has 0 fully saturated rings. The molecule has 0 aliphatic carbocycles. The highest BCUT2D eigenvalue weighted by Crippen LogP contribution is 2.43. The molecular formula is C25H18Cl3FN2O2. The lowest BCUT2D eigenvalue weighted by atomic mass is 9.83. The van der Waals surface area contributed by atoms with Crippen LogP contribution in [-0.2, 0) is 9.53 Å². The number of nitrogens with zero attached hydrogens (tertiary/aromatic N) is 1. The molecule has 2 unspecified atom stereocenters. The van der Waals surface area contributed by atoms with E-state index in [-0.39, 0.29) is 5.02 Å². The first-order valence-electron chi connectivity index (χ1n) is 9.98. The Kier molecular flexibility index (Phi) is 7.03. The van der Waals surface area contributed by atoms with Crippen molar-refractivity contribution in [3.63, 3.8) is 0 Å². The van der Waals surface area contributed by atoms with E-state index in [9.17, 15) is 9.18 Å². The second-order valence-corrected chi connectivity index (χ2v) is 8.76. The van der Waals surface area contributed by atoms with E-state index in [2.05, 4.69) is 9.97 Å². The molecular weight excluding hydrogens is 486 g/mol. The summed E-state index contributed by atoms with van der Waals surface area (Å²) in [5, 5.41) is 1.01. The van der Waals surface area contributed by atoms with Gasteiger partial charge in [0.2, 0.25) is 0 Å². The lowest BCUT2D eigenvalue weighted by molar-refractivity contribution is -0.134. The SMILES string of the molecule is Cc1ccc(Cl)cc1C(OC=O)C(c1cccc(Cl)c1)c1nc[nH]c1-c1ccc(F)c(Cl)c1. The summed E-state index contributed by atoms with van der Waals surface area (Å²) in [6, 6.07) is 17.1. The monoisotopic (exact) mass is 502 g/mol. The molecule has 4 aromatic rings. The average Bonchev–Trinajstić information content (AvgIpc) is 3.26. The molecule has 0 saturated carbocycles. The number of aryl methyl sites for hydroxylation is 1. The van der Waals surface area contributed by atoms with Gasteiger partial charge in [-0.25, -0.2) is 9.37 Å². The third kappa shape index (κ3) is 4.91. The maximum atomic E-state index is 13.8. The molecule has 33 heavy (non-hydrogen) atoms. The van der Waals surface area contributed by atoms with Crippen molar-refractivity contribution >= 4 is 41.3 Å². The number of aromatic amines is 1. The van der Waals surface area contributed by atoms with E-state index in [4.69, 9.17) is 39.5 Å². The van der Waals surface area contributed by atoms with Crippen LogP contribution in [0.3, 0.4) is 0 Å². The Morgan fingerprint density at radius 2 is 1.82 bits per heavy atom. The number of aromatic nitrogens is 2. The maximum Gasteiger partial charge on any atom is 0.293 e. The highest BCUT2D eigenvalue weighted by molar-refractivity contribution is 6.31. The molecule has 168 valence electrons. The summed E-state index contributed by atoms with van der Waals surface area (Å²) in [6.45, 7) is 2.32. The molecule has 1 N–H and O–H groups in total. The number of nitrogens with one attached hydrogen (secondary N) is 1. The van der Waals surface area contributed by atoms with Gasteiger partial charge in [-0.05, 0) is 66.1 Å². The third-order valence-corrected chi connectivity index (χ3v) is 6.19. The predicted octanol–water partition coefficient (Wildman–Crippen LogP) is 7.53. The van der Waals surface area contributed by atoms with Gasteiger partial charge in [0.1, 0.15) is 11.9 Å². The number of carbonyl (C=O) groups is 1. The zero-order chi connectivity index (χ0) is 23.5. The van der Waals surface area contributed by atoms with Crippen LogP contribution in [0.1, 0.15) is 34.4 Å². The standard InChI is InChI=1S/C25H18Cl3FN2O2/c1-14-5-7-18(27)11-19(14)25(33-13-32)22(15-3-2-4-17(26)9-15)24-23(30-12-31-24)16-6-8-21(29)20(28)10-16/h2-13,22,25H,1H3,(H,30,31). The largest absolute Gasteiger partial charge is 0.459 e. The zero-order valence-corrected chi connectivity index (χ0v) is 19.6. The normalized spacial score (nSPS) is 12.9. The van der Waals surface area contributed by atoms with Crippen LogP contribution in [0.2, 0.25) is 15.1 Å². The fourth-order valence-electron chi connectivity index (χ4n) is 3.91. The number of H-pyrrole nitrogens is 1. The van der Waals surface area contributed by atoms with Gasteiger partial charge in [-0.2, -0.15) is 0 Å². The van der Waals surface area contributed by atoms with Crippen molar-refractivity contribution in [2.24, 2.45) is 0 Å². The van der Waals surface area contributed by atoms with Crippen LogP contribution < -0.4 is 0 Å². The molecule has 8 heteroatoms. The Bertz CT molecular complexity index is 1310. The minimum atomic E-state index is -0.766. The molecule has 0 aliphatic heterocycles. The van der Waals surface area contributed by atoms with Crippen molar-refractivity contribution in [1.29, 1.82) is 0 Å². The Morgan fingerprint density at radius 1 is 1.03 bits per heavy atom. The maximum absolute atomic E-state index is 13.8. The summed E-state index contributed by atoms with van der Waals surface area (Å²) in [6.07, 6.45) is 0.764. The number of imidazole rings is 1. The van der Waals surface area contributed by atoms with Gasteiger partial charge in [0.15, 0.2) is 0 Å². The van der Waals surface area contributed by atoms with Crippen LogP contribution in [0, 0.1) is 12.7 Å². The minimum absolute atomic E-state index is 0.0151. The summed E-state index contributed by atoms with van der Waals surface area (Å²) >= 11 is 18.6. The molecule has 3 aromatic carbocycles. The molecule has 4 rings (SSSR count). The first-order chi connectivity index (χ1) is 15.9. The van der Waals surface area contributed by atoms with E-state index in [1.165, 1.54) is 18.5 Å². The van der Waals surface area contributed by atoms with Crippen LogP contribution in [0.5, 0.6) is 0 Å². The molecule has 0 radical (unpaired) electrons. The summed E-state index contributed by atoms with van der Waals surface area (Å²) in [7, 11) is 0. The number of halogens is 4. The van der Waals surface area contributed by atoms with Gasteiger partial charge < -0.3 is 9.72 Å². The van der Waals surface area contributed by atoms with Crippen molar-refractivity contribution in [2.75, 3.05) is 0 Å². The zero-order valence-electron chi connectivity index (χ0n) is 17.4. The van der Waals surface area contributed by atoms with Gasteiger partial charge in [-0.3, -0.25) is 4.79 Å². The van der Waals surface area contributed by atoms with E-state index in [0.717, 1.165) is 16.7 Å². The van der Waals surface area contributed by atoms with Gasteiger partial charge in [-0.1, -0.05) is 53.0 Å². The summed E-state index contributed by atoms with van der Waals surface area (Å²) in [5.74, 6) is -1.08. The predicted molar refractivity (Wildman–Crippen MR) is 128 cm³/mol. The van der Waals surface area contributed by atoms with Crippen LogP contribution in [-0.4, -0.2) is 16.4 Å². The van der Waals surface area contributed by atoms with Crippen molar-refractivity contribution in [3.8, 4) is 11.3 Å². The van der Waals surface area contributed by atoms with E-state index in [1.807, 2.05) is 25.1 Å². The lowest BCUT2D eigenvalue weighted by Gasteiger charge is -2.28. The molecule has 0 amide bonds. The fraction of sp³-hybridized carbons (Fsp3) is 0.120. The third-order valence-electron chi connectivity index (χ3n) is 5.43. The Labute approximate surface area is 205 Å². The first-order valence-corrected chi connectivity index (χ1v) is 11.1. The summed E-state index contributed by atoms with van der Waals surface area (Å²) in [4.78, 5) is 19.3. The number of hydrogen-bond acceptors (Lipinski definition) is 3. The Morgan fingerprint density at radius 3 is 2.55 bits per heavy atom. The van der Waals surface area contributed by atoms with Crippen LogP contribution in [0.15, 0.2) is 67.0 Å². The van der Waals surface area contributed by atoms with Gasteiger partial charge in [-0.15, -0.1) is 0 Å². The highest BCUT2D eigenvalue weighted by Gasteiger charge is 2.33. The van der Waals surface area contributed by atoms with Gasteiger partial charge >= 0.3 is 0 Å². The van der Waals surface area contributed by atoms with E-state index < -0.39 is 17.8 Å². The summed E-state index contributed by atoms with van der Waals surface area (Å²) < 4.78 is 19.5. The Balaban J connectivity index is 1.95. The van der Waals surface area contributed by atoms with Crippen molar-refractivity contribution < 1.29 is 13.9 Å². The highest BCUT2D eigenvalue weighted by atomic mass is 35.5. The van der Waals surface area contributed by atoms with E-state index in [0.29, 0.717) is 33.5 Å². The molecule has 1 heterocycles. The molecule has 0 bridgehead atoms. The molecule has 4 nitrogen and oxygen atoms in total. The van der Waals surface area contributed by atoms with Crippen LogP contribution >= 0.6 is 34.8 Å². The lowest BCUT2D eigenvalue weighted by Crippen LogP contribution is -2.18. The number of hydrogen-bond donors (Lipinski definition) is 1. The van der Waals surface area contributed by atoms with E-state index in [1.54, 1.807) is 30.3 Å². The molecule has 0 spiro atoms. The second kappa shape index (κ2) is 9.96. The summed E-state index contributed by atoms with van der Waals surface area (Å²) in [5.41, 5.74) is 4.21. The van der Waals surface area contributed by atoms with Crippen molar-refractivity contribution in [1.82, 2.24) is 9.97 Å². The Hall–Kier alpha value is -2.86. The fourth-order valence-corrected chi connectivity index (χ4v) is 4.47. The number of rotatable bonds is 7. The molecule has 1 aromatic heterocycles. The molecule has 0 aliphatic rings. The van der Waals surface area contributed by atoms with Crippen molar-refractivity contribution in [3.05, 3.63) is 110 Å². The minimum Gasteiger partial charge on any atom is -0.459 e. The topological polar surface area (TPSA) is 55.0 Å². The van der Waals surface area contributed by atoms with E-state index >= 15 is 0 Å². The molecule has 0 saturated heterocycles. The quantitative estimate of drug-likeness (QED) is 0.265. The second-order valence-electron chi connectivity index (χ2n) is 7.48. The number of carbonyl (C=O) groups excluding carboxylic acids is 1. The molecule has 2 atom stereocenters. The average molecular weight is 504 g/mol. The van der Waals surface area contributed by atoms with Gasteiger partial charge in [0, 0.05) is 15.6 Å². The van der Waals surface area contributed by atoms with Gasteiger partial charge in [0.25, 0.3) is 6.47 Å². The smallest absolute Gasteiger partial charge is 0.293 e. The van der Waals surface area contributed by atoms with Crippen molar-refractivity contribution in [2.45, 2.75) is 18.9 Å². The first kappa shape index (κ1) is 23.3. The van der Waals surface area contributed by atoms with Crippen LogP contribution in [0.4, 0.5) is 4.39 Å². The number of ether oxygens (including phenoxy) is 1. The number of benzene rings is 3. The van der Waals surface area contributed by atoms with Crippen LogP contribution in [0.25, 0.3) is 11.3 Å².